The fraction of sp³-hybridized carbons (Fsp3) is 0.444. The second-order valence-electron chi connectivity index (χ2n) is 6.79. The summed E-state index contributed by atoms with van der Waals surface area (Å²) in [7, 11) is 0. The molecular formula is C18H20FN3O4. The summed E-state index contributed by atoms with van der Waals surface area (Å²) in [5, 5.41) is 14.4. The Morgan fingerprint density at radius 2 is 2.00 bits per heavy atom. The lowest BCUT2D eigenvalue weighted by Crippen LogP contribution is -2.43. The molecule has 2 heterocycles. The summed E-state index contributed by atoms with van der Waals surface area (Å²) in [5.41, 5.74) is 0.117. The Morgan fingerprint density at radius 3 is 2.65 bits per heavy atom. The van der Waals surface area contributed by atoms with Crippen LogP contribution in [-0.2, 0) is 14.4 Å². The van der Waals surface area contributed by atoms with E-state index in [4.69, 9.17) is 5.11 Å². The van der Waals surface area contributed by atoms with E-state index in [2.05, 4.69) is 5.10 Å². The van der Waals surface area contributed by atoms with Gasteiger partial charge in [0.05, 0.1) is 12.2 Å². The van der Waals surface area contributed by atoms with Gasteiger partial charge < -0.3 is 10.0 Å². The van der Waals surface area contributed by atoms with Crippen molar-refractivity contribution < 1.29 is 23.9 Å². The van der Waals surface area contributed by atoms with Crippen LogP contribution in [0.2, 0.25) is 0 Å². The Kier molecular flexibility index (Phi) is 4.52. The zero-order valence-electron chi connectivity index (χ0n) is 14.7. The van der Waals surface area contributed by atoms with Crippen molar-refractivity contribution in [1.82, 2.24) is 4.90 Å². The summed E-state index contributed by atoms with van der Waals surface area (Å²) in [4.78, 5) is 37.1. The highest BCUT2D eigenvalue weighted by molar-refractivity contribution is 6.40. The van der Waals surface area contributed by atoms with Crippen LogP contribution in [0.25, 0.3) is 0 Å². The van der Waals surface area contributed by atoms with E-state index in [0.717, 1.165) is 16.0 Å². The summed E-state index contributed by atoms with van der Waals surface area (Å²) in [5.74, 6) is -2.30. The first-order chi connectivity index (χ1) is 12.2. The first kappa shape index (κ1) is 18.0. The lowest BCUT2D eigenvalue weighted by atomic mass is 10.1. The van der Waals surface area contributed by atoms with Crippen molar-refractivity contribution >= 4 is 29.2 Å². The SMILES string of the molecule is Cc1ccc(C)c(N2N=C(C(=O)N3CCC(F)(C(=O)O)C3)CCC2=O)c1. The van der Waals surface area contributed by atoms with Gasteiger partial charge >= 0.3 is 5.97 Å². The van der Waals surface area contributed by atoms with Gasteiger partial charge in [0, 0.05) is 25.8 Å². The number of likely N-dealkylation sites (tertiary alicyclic amines) is 1. The monoisotopic (exact) mass is 361 g/mol. The lowest BCUT2D eigenvalue weighted by molar-refractivity contribution is -0.150. The number of carbonyl (C=O) groups is 3. The van der Waals surface area contributed by atoms with Gasteiger partial charge in [-0.05, 0) is 31.0 Å². The van der Waals surface area contributed by atoms with Gasteiger partial charge in [-0.1, -0.05) is 12.1 Å². The average Bonchev–Trinajstić information content (AvgIpc) is 3.01. The van der Waals surface area contributed by atoms with E-state index >= 15 is 0 Å². The van der Waals surface area contributed by atoms with Crippen LogP contribution < -0.4 is 5.01 Å². The highest BCUT2D eigenvalue weighted by Gasteiger charge is 2.47. The van der Waals surface area contributed by atoms with Crippen LogP contribution in [-0.4, -0.2) is 52.3 Å². The molecule has 2 amide bonds. The number of alkyl halides is 1. The Hall–Kier alpha value is -2.77. The molecule has 1 saturated heterocycles. The van der Waals surface area contributed by atoms with Crippen molar-refractivity contribution in [2.75, 3.05) is 18.1 Å². The van der Waals surface area contributed by atoms with Gasteiger partial charge in [-0.3, -0.25) is 9.59 Å². The first-order valence-electron chi connectivity index (χ1n) is 8.40. The summed E-state index contributed by atoms with van der Waals surface area (Å²) in [6, 6.07) is 5.60. The molecule has 1 aromatic carbocycles. The number of hydrogen-bond donors (Lipinski definition) is 1. The standard InChI is InChI=1S/C18H20FN3O4/c1-11-3-4-12(2)14(9-11)22-15(23)6-5-13(20-22)16(24)21-8-7-18(19,10-21)17(25)26/h3-4,9H,5-8,10H2,1-2H3,(H,25,26). The number of rotatable bonds is 3. The molecule has 1 aromatic rings. The number of amides is 2. The van der Waals surface area contributed by atoms with E-state index in [0.29, 0.717) is 5.69 Å². The second-order valence-corrected chi connectivity index (χ2v) is 6.79. The molecule has 7 nitrogen and oxygen atoms in total. The van der Waals surface area contributed by atoms with E-state index in [-0.39, 0.29) is 37.4 Å². The maximum absolute atomic E-state index is 14.2. The van der Waals surface area contributed by atoms with E-state index < -0.39 is 24.1 Å². The zero-order chi connectivity index (χ0) is 19.1. The van der Waals surface area contributed by atoms with Gasteiger partial charge in [0.1, 0.15) is 5.71 Å². The molecule has 2 aliphatic rings. The van der Waals surface area contributed by atoms with Crippen LogP contribution in [0, 0.1) is 13.8 Å². The van der Waals surface area contributed by atoms with Gasteiger partial charge in [-0.25, -0.2) is 14.2 Å². The molecule has 0 saturated carbocycles. The average molecular weight is 361 g/mol. The normalized spacial score (nSPS) is 23.2. The smallest absolute Gasteiger partial charge is 0.343 e. The summed E-state index contributed by atoms with van der Waals surface area (Å²) >= 11 is 0. The first-order valence-corrected chi connectivity index (χ1v) is 8.40. The molecule has 3 rings (SSSR count). The molecule has 26 heavy (non-hydrogen) atoms. The van der Waals surface area contributed by atoms with Crippen LogP contribution in [0.1, 0.15) is 30.4 Å². The van der Waals surface area contributed by atoms with E-state index in [1.807, 2.05) is 32.0 Å². The van der Waals surface area contributed by atoms with Crippen molar-refractivity contribution in [2.45, 2.75) is 38.8 Å². The molecule has 0 spiro atoms. The number of hydrogen-bond acceptors (Lipinski definition) is 4. The molecule has 0 aliphatic carbocycles. The Morgan fingerprint density at radius 1 is 1.27 bits per heavy atom. The van der Waals surface area contributed by atoms with Crippen LogP contribution in [0.15, 0.2) is 23.3 Å². The van der Waals surface area contributed by atoms with Crippen molar-refractivity contribution in [1.29, 1.82) is 0 Å². The molecule has 0 radical (unpaired) electrons. The minimum Gasteiger partial charge on any atom is -0.479 e. The Labute approximate surface area is 150 Å². The molecule has 1 N–H and O–H groups in total. The Balaban J connectivity index is 1.86. The number of nitrogens with zero attached hydrogens (tertiary/aromatic N) is 3. The predicted octanol–water partition coefficient (Wildman–Crippen LogP) is 1.81. The number of carbonyl (C=O) groups excluding carboxylic acids is 2. The number of carboxylic acids is 1. The molecule has 0 bridgehead atoms. The minimum atomic E-state index is -2.42. The molecular weight excluding hydrogens is 341 g/mol. The largest absolute Gasteiger partial charge is 0.479 e. The molecule has 0 aromatic heterocycles. The summed E-state index contributed by atoms with van der Waals surface area (Å²) in [6.07, 6.45) is 0.0222. The minimum absolute atomic E-state index is 0.0120. The van der Waals surface area contributed by atoms with E-state index in [1.165, 1.54) is 5.01 Å². The lowest BCUT2D eigenvalue weighted by Gasteiger charge is -2.26. The quantitative estimate of drug-likeness (QED) is 0.889. The fourth-order valence-corrected chi connectivity index (χ4v) is 3.15. The highest BCUT2D eigenvalue weighted by atomic mass is 19.1. The van der Waals surface area contributed by atoms with Gasteiger partial charge in [0.25, 0.3) is 5.91 Å². The van der Waals surface area contributed by atoms with Crippen molar-refractivity contribution in [2.24, 2.45) is 5.10 Å². The third kappa shape index (κ3) is 3.18. The van der Waals surface area contributed by atoms with Crippen molar-refractivity contribution in [3.05, 3.63) is 29.3 Å². The third-order valence-electron chi connectivity index (χ3n) is 4.76. The molecule has 1 unspecified atom stereocenters. The van der Waals surface area contributed by atoms with Crippen LogP contribution in [0.4, 0.5) is 10.1 Å². The predicted molar refractivity (Wildman–Crippen MR) is 92.7 cm³/mol. The fourth-order valence-electron chi connectivity index (χ4n) is 3.15. The molecule has 138 valence electrons. The maximum atomic E-state index is 14.2. The second kappa shape index (κ2) is 6.51. The summed E-state index contributed by atoms with van der Waals surface area (Å²) in [6.45, 7) is 3.25. The van der Waals surface area contributed by atoms with Crippen molar-refractivity contribution in [3.8, 4) is 0 Å². The van der Waals surface area contributed by atoms with Crippen LogP contribution >= 0.6 is 0 Å². The number of aliphatic carboxylic acids is 1. The van der Waals surface area contributed by atoms with E-state index in [1.54, 1.807) is 0 Å². The number of halogens is 1. The highest BCUT2D eigenvalue weighted by Crippen LogP contribution is 2.28. The topological polar surface area (TPSA) is 90.3 Å². The van der Waals surface area contributed by atoms with Crippen LogP contribution in [0.5, 0.6) is 0 Å². The maximum Gasteiger partial charge on any atom is 0.343 e. The summed E-state index contributed by atoms with van der Waals surface area (Å²) < 4.78 is 14.2. The molecule has 1 fully saturated rings. The number of aryl methyl sites for hydroxylation is 2. The van der Waals surface area contributed by atoms with Crippen molar-refractivity contribution in [3.63, 3.8) is 0 Å². The van der Waals surface area contributed by atoms with Crippen LogP contribution in [0.3, 0.4) is 0 Å². The molecule has 8 heteroatoms. The van der Waals surface area contributed by atoms with E-state index in [9.17, 15) is 18.8 Å². The number of carboxylic acid groups (broad SMARTS) is 1. The Bertz CT molecular complexity index is 823. The number of hydrazone groups is 1. The third-order valence-corrected chi connectivity index (χ3v) is 4.76. The molecule has 2 aliphatic heterocycles. The molecule has 1 atom stereocenters. The van der Waals surface area contributed by atoms with Gasteiger partial charge in [-0.15, -0.1) is 0 Å². The van der Waals surface area contributed by atoms with Gasteiger partial charge in [0.15, 0.2) is 0 Å². The number of benzene rings is 1. The number of anilines is 1. The zero-order valence-corrected chi connectivity index (χ0v) is 14.7. The van der Waals surface area contributed by atoms with Gasteiger partial charge in [-0.2, -0.15) is 5.10 Å². The van der Waals surface area contributed by atoms with Gasteiger partial charge in [0.2, 0.25) is 11.6 Å².